The van der Waals surface area contributed by atoms with Crippen LogP contribution in [-0.2, 0) is 0 Å². The lowest BCUT2D eigenvalue weighted by Gasteiger charge is -2.57. The third kappa shape index (κ3) is 2.10. The van der Waals surface area contributed by atoms with E-state index in [4.69, 9.17) is 9.97 Å². The Kier molecular flexibility index (Phi) is 2.97. The van der Waals surface area contributed by atoms with Crippen molar-refractivity contribution in [3.8, 4) is 0 Å². The van der Waals surface area contributed by atoms with Crippen LogP contribution in [0, 0.1) is 0 Å². The summed E-state index contributed by atoms with van der Waals surface area (Å²) in [4.78, 5) is 9.66. The summed E-state index contributed by atoms with van der Waals surface area (Å²) >= 11 is 0. The van der Waals surface area contributed by atoms with Gasteiger partial charge in [-0.05, 0) is 36.8 Å². The first-order chi connectivity index (χ1) is 8.81. The van der Waals surface area contributed by atoms with E-state index in [1.807, 2.05) is 18.2 Å². The highest BCUT2D eigenvalue weighted by molar-refractivity contribution is 7.71. The number of benzene rings is 1. The number of para-hydroxylation sites is 2. The molecule has 1 saturated heterocycles. The Hall–Kier alpha value is -0.580. The molecular weight excluding hydrogens is 270 g/mol. The summed E-state index contributed by atoms with van der Waals surface area (Å²) in [5.74, 6) is 0. The maximum absolute atomic E-state index is 4.93. The summed E-state index contributed by atoms with van der Waals surface area (Å²) in [6, 6.07) is 8.14. The van der Waals surface area contributed by atoms with Crippen molar-refractivity contribution in [1.82, 2.24) is 9.97 Å². The first-order valence-electron chi connectivity index (χ1n) is 6.64. The predicted octanol–water partition coefficient (Wildman–Crippen LogP) is 3.20. The molecule has 2 aromatic rings. The summed E-state index contributed by atoms with van der Waals surface area (Å²) in [7, 11) is 2.52. The lowest BCUT2D eigenvalue weighted by Crippen LogP contribution is -2.52. The molecule has 0 saturated carbocycles. The molecule has 0 radical (unpaired) electrons. The quantitative estimate of drug-likeness (QED) is 0.754. The molecule has 1 aromatic heterocycles. The van der Waals surface area contributed by atoms with E-state index in [0.29, 0.717) is 10.3 Å². The summed E-state index contributed by atoms with van der Waals surface area (Å²) < 4.78 is 0. The highest BCUT2D eigenvalue weighted by atomic mass is 31.1. The van der Waals surface area contributed by atoms with Crippen LogP contribution in [0.15, 0.2) is 24.3 Å². The molecule has 100 valence electrons. The second kappa shape index (κ2) is 4.21. The zero-order chi connectivity index (χ0) is 13.8. The van der Waals surface area contributed by atoms with Crippen LogP contribution < -0.4 is 10.9 Å². The van der Waals surface area contributed by atoms with Gasteiger partial charge in [0.2, 0.25) is 0 Å². The minimum atomic E-state index is -0.268. The number of aromatic nitrogens is 2. The smallest absolute Gasteiger partial charge is 0.0902 e. The fourth-order valence-electron chi connectivity index (χ4n) is 3.69. The van der Waals surface area contributed by atoms with Crippen molar-refractivity contribution >= 4 is 39.1 Å². The maximum Gasteiger partial charge on any atom is 0.0902 e. The van der Waals surface area contributed by atoms with E-state index in [2.05, 4.69) is 43.0 Å². The molecule has 2 nitrogen and oxygen atoms in total. The molecule has 1 unspecified atom stereocenters. The van der Waals surface area contributed by atoms with Gasteiger partial charge in [-0.25, -0.2) is 9.97 Å². The van der Waals surface area contributed by atoms with Gasteiger partial charge in [0.25, 0.3) is 0 Å². The van der Waals surface area contributed by atoms with Gasteiger partial charge < -0.3 is 0 Å². The van der Waals surface area contributed by atoms with E-state index in [9.17, 15) is 0 Å². The standard InChI is InChI=1S/C15H20N2P2/c1-14(2)9-15(3,4)19(14)13-12(18)16-10-7-5-6-8-11(10)17-13/h5-8H,9,18H2,1-4H3. The van der Waals surface area contributed by atoms with Crippen molar-refractivity contribution in [3.05, 3.63) is 24.3 Å². The first kappa shape index (κ1) is 13.4. The van der Waals surface area contributed by atoms with Crippen molar-refractivity contribution in [2.45, 2.75) is 44.4 Å². The lowest BCUT2D eigenvalue weighted by atomic mass is 9.96. The molecule has 1 aliphatic heterocycles. The van der Waals surface area contributed by atoms with Crippen LogP contribution in [0.3, 0.4) is 0 Å². The SMILES string of the molecule is CC1(C)CC(C)(C)P1c1nc2ccccc2nc1P. The largest absolute Gasteiger partial charge is 0.245 e. The minimum absolute atomic E-state index is 0.268. The summed E-state index contributed by atoms with van der Waals surface area (Å²) in [6.45, 7) is 9.46. The molecule has 1 fully saturated rings. The van der Waals surface area contributed by atoms with Gasteiger partial charge in [-0.3, -0.25) is 0 Å². The maximum atomic E-state index is 4.93. The molecule has 0 aliphatic carbocycles. The topological polar surface area (TPSA) is 25.8 Å². The Balaban J connectivity index is 2.17. The van der Waals surface area contributed by atoms with E-state index >= 15 is 0 Å². The molecular formula is C15H20N2P2. The number of nitrogens with zero attached hydrogens (tertiary/aromatic N) is 2. The molecule has 1 aliphatic rings. The van der Waals surface area contributed by atoms with Crippen molar-refractivity contribution in [2.75, 3.05) is 0 Å². The molecule has 0 bridgehead atoms. The Labute approximate surface area is 118 Å². The number of fused-ring (bicyclic) bond motifs is 1. The molecule has 2 heterocycles. The Bertz CT molecular complexity index is 636. The molecule has 3 rings (SSSR count). The van der Waals surface area contributed by atoms with Crippen molar-refractivity contribution < 1.29 is 0 Å². The summed E-state index contributed by atoms with van der Waals surface area (Å²) in [6.07, 6.45) is 1.27. The van der Waals surface area contributed by atoms with Crippen LogP contribution in [0.25, 0.3) is 11.0 Å². The molecule has 0 N–H and O–H groups in total. The predicted molar refractivity (Wildman–Crippen MR) is 88.2 cm³/mol. The molecule has 1 atom stereocenters. The number of hydrogen-bond acceptors (Lipinski definition) is 2. The molecule has 4 heteroatoms. The van der Waals surface area contributed by atoms with Crippen LogP contribution >= 0.6 is 17.2 Å². The zero-order valence-electron chi connectivity index (χ0n) is 11.9. The van der Waals surface area contributed by atoms with Crippen molar-refractivity contribution in [2.24, 2.45) is 0 Å². The average molecular weight is 290 g/mol. The average Bonchev–Trinajstić information content (AvgIpc) is 2.27. The van der Waals surface area contributed by atoms with Gasteiger partial charge in [0.15, 0.2) is 0 Å². The van der Waals surface area contributed by atoms with Crippen molar-refractivity contribution in [1.29, 1.82) is 0 Å². The van der Waals surface area contributed by atoms with Gasteiger partial charge in [-0.1, -0.05) is 49.1 Å². The van der Waals surface area contributed by atoms with E-state index in [-0.39, 0.29) is 7.92 Å². The highest BCUT2D eigenvalue weighted by Crippen LogP contribution is 2.71. The molecule has 0 amide bonds. The first-order valence-corrected chi connectivity index (χ1v) is 8.56. The van der Waals surface area contributed by atoms with Gasteiger partial charge in [0.05, 0.1) is 21.9 Å². The van der Waals surface area contributed by atoms with Gasteiger partial charge in [-0.15, -0.1) is 0 Å². The Morgan fingerprint density at radius 2 is 1.53 bits per heavy atom. The monoisotopic (exact) mass is 290 g/mol. The third-order valence-corrected chi connectivity index (χ3v) is 8.00. The zero-order valence-corrected chi connectivity index (χ0v) is 14.0. The van der Waals surface area contributed by atoms with Crippen LogP contribution in [0.5, 0.6) is 0 Å². The van der Waals surface area contributed by atoms with E-state index in [0.717, 1.165) is 16.5 Å². The van der Waals surface area contributed by atoms with Crippen LogP contribution in [-0.4, -0.2) is 20.3 Å². The number of rotatable bonds is 1. The Morgan fingerprint density at radius 1 is 1.00 bits per heavy atom. The highest BCUT2D eigenvalue weighted by Gasteiger charge is 2.54. The van der Waals surface area contributed by atoms with Gasteiger partial charge in [-0.2, -0.15) is 0 Å². The van der Waals surface area contributed by atoms with Crippen molar-refractivity contribution in [3.63, 3.8) is 0 Å². The van der Waals surface area contributed by atoms with Gasteiger partial charge in [0, 0.05) is 0 Å². The van der Waals surface area contributed by atoms with Gasteiger partial charge >= 0.3 is 0 Å². The van der Waals surface area contributed by atoms with E-state index in [1.165, 1.54) is 11.9 Å². The third-order valence-electron chi connectivity index (χ3n) is 3.87. The van der Waals surface area contributed by atoms with Crippen LogP contribution in [0.1, 0.15) is 34.1 Å². The molecule has 19 heavy (non-hydrogen) atoms. The lowest BCUT2D eigenvalue weighted by molar-refractivity contribution is 0.455. The normalized spacial score (nSPS) is 21.3. The molecule has 0 spiro atoms. The van der Waals surface area contributed by atoms with Crippen LogP contribution in [0.2, 0.25) is 0 Å². The summed E-state index contributed by atoms with van der Waals surface area (Å²) in [5, 5.41) is 0.753. The fraction of sp³-hybridized carbons (Fsp3) is 0.467. The Morgan fingerprint density at radius 3 is 2.05 bits per heavy atom. The fourth-order valence-corrected chi connectivity index (χ4v) is 8.39. The van der Waals surface area contributed by atoms with Gasteiger partial charge in [0.1, 0.15) is 0 Å². The second-order valence-corrected chi connectivity index (χ2v) is 10.6. The second-order valence-electron chi connectivity index (χ2n) is 6.56. The summed E-state index contributed by atoms with van der Waals surface area (Å²) in [5.41, 5.74) is 4.26. The molecule has 1 aromatic carbocycles. The van der Waals surface area contributed by atoms with E-state index in [1.54, 1.807) is 0 Å². The number of hydrogen-bond donors (Lipinski definition) is 0. The van der Waals surface area contributed by atoms with E-state index < -0.39 is 0 Å². The minimum Gasteiger partial charge on any atom is -0.245 e. The van der Waals surface area contributed by atoms with Crippen LogP contribution in [0.4, 0.5) is 0 Å².